The summed E-state index contributed by atoms with van der Waals surface area (Å²) >= 11 is 0. The standard InChI is InChI=1S/C20H21NO4/c1-3-21(20(23)19(22)15-10-8-14(2)9-11-15)12-16-13-24-17-6-4-5-7-18(17)25-16/h4-11,16H,3,12-13H2,1-2H3. The lowest BCUT2D eigenvalue weighted by Crippen LogP contribution is -2.45. The van der Waals surface area contributed by atoms with E-state index < -0.39 is 11.7 Å². The van der Waals surface area contributed by atoms with Crippen LogP contribution in [0.15, 0.2) is 48.5 Å². The third-order valence-electron chi connectivity index (χ3n) is 4.17. The molecular formula is C20H21NO4. The number of amides is 1. The van der Waals surface area contributed by atoms with E-state index in [2.05, 4.69) is 0 Å². The molecule has 0 radical (unpaired) electrons. The average Bonchev–Trinajstić information content (AvgIpc) is 2.65. The molecule has 1 aliphatic heterocycles. The highest BCUT2D eigenvalue weighted by Crippen LogP contribution is 2.31. The first kappa shape index (κ1) is 17.0. The van der Waals surface area contributed by atoms with Crippen LogP contribution < -0.4 is 9.47 Å². The van der Waals surface area contributed by atoms with Gasteiger partial charge >= 0.3 is 0 Å². The van der Waals surface area contributed by atoms with Gasteiger partial charge in [0.1, 0.15) is 6.61 Å². The second kappa shape index (κ2) is 7.38. The maximum Gasteiger partial charge on any atom is 0.295 e. The van der Waals surface area contributed by atoms with Gasteiger partial charge in [-0.05, 0) is 26.0 Å². The molecule has 0 aliphatic carbocycles. The molecule has 1 heterocycles. The fraction of sp³-hybridized carbons (Fsp3) is 0.300. The lowest BCUT2D eigenvalue weighted by Gasteiger charge is -2.30. The van der Waals surface area contributed by atoms with Crippen molar-refractivity contribution in [2.24, 2.45) is 0 Å². The number of hydrogen-bond acceptors (Lipinski definition) is 4. The SMILES string of the molecule is CCN(CC1COc2ccccc2O1)C(=O)C(=O)c1ccc(C)cc1. The maximum atomic E-state index is 12.6. The molecule has 0 aromatic heterocycles. The van der Waals surface area contributed by atoms with E-state index in [0.29, 0.717) is 36.8 Å². The van der Waals surface area contributed by atoms with Crippen molar-refractivity contribution in [3.8, 4) is 11.5 Å². The van der Waals surface area contributed by atoms with E-state index in [1.54, 1.807) is 12.1 Å². The summed E-state index contributed by atoms with van der Waals surface area (Å²) in [5.74, 6) is 0.337. The zero-order valence-corrected chi connectivity index (χ0v) is 14.4. The predicted molar refractivity (Wildman–Crippen MR) is 94.1 cm³/mol. The first-order valence-electron chi connectivity index (χ1n) is 8.37. The minimum atomic E-state index is -0.520. The van der Waals surface area contributed by atoms with Gasteiger partial charge in [0.15, 0.2) is 17.6 Å². The molecule has 1 atom stereocenters. The number of benzene rings is 2. The van der Waals surface area contributed by atoms with Gasteiger partial charge in [-0.3, -0.25) is 9.59 Å². The number of aryl methyl sites for hydroxylation is 1. The van der Waals surface area contributed by atoms with Crippen LogP contribution in [0.3, 0.4) is 0 Å². The fourth-order valence-electron chi connectivity index (χ4n) is 2.73. The Hall–Kier alpha value is -2.82. The molecule has 2 aromatic rings. The lowest BCUT2D eigenvalue weighted by molar-refractivity contribution is -0.127. The molecule has 130 valence electrons. The Morgan fingerprint density at radius 3 is 2.44 bits per heavy atom. The first-order valence-corrected chi connectivity index (χ1v) is 8.37. The van der Waals surface area contributed by atoms with E-state index in [1.807, 2.05) is 50.2 Å². The van der Waals surface area contributed by atoms with Crippen molar-refractivity contribution in [2.45, 2.75) is 20.0 Å². The number of fused-ring (bicyclic) bond motifs is 1. The second-order valence-electron chi connectivity index (χ2n) is 6.04. The van der Waals surface area contributed by atoms with Gasteiger partial charge in [0.25, 0.3) is 5.91 Å². The summed E-state index contributed by atoms with van der Waals surface area (Å²) in [4.78, 5) is 26.5. The molecule has 0 saturated carbocycles. The van der Waals surface area contributed by atoms with E-state index in [-0.39, 0.29) is 6.10 Å². The Bertz CT molecular complexity index is 770. The van der Waals surface area contributed by atoms with E-state index in [4.69, 9.17) is 9.47 Å². The van der Waals surface area contributed by atoms with Crippen LogP contribution in [-0.2, 0) is 4.79 Å². The number of carbonyl (C=O) groups excluding carboxylic acids is 2. The summed E-state index contributed by atoms with van der Waals surface area (Å²) in [5.41, 5.74) is 1.45. The molecule has 0 saturated heterocycles. The number of ether oxygens (including phenoxy) is 2. The van der Waals surface area contributed by atoms with Crippen LogP contribution in [0, 0.1) is 6.92 Å². The minimum absolute atomic E-state index is 0.301. The van der Waals surface area contributed by atoms with Gasteiger partial charge in [-0.1, -0.05) is 42.0 Å². The van der Waals surface area contributed by atoms with Gasteiger partial charge in [0.05, 0.1) is 6.54 Å². The molecule has 5 heteroatoms. The zero-order chi connectivity index (χ0) is 17.8. The van der Waals surface area contributed by atoms with Gasteiger partial charge < -0.3 is 14.4 Å². The Morgan fingerprint density at radius 1 is 1.08 bits per heavy atom. The molecule has 2 aromatic carbocycles. The van der Waals surface area contributed by atoms with Crippen LogP contribution in [0.2, 0.25) is 0 Å². The third-order valence-corrected chi connectivity index (χ3v) is 4.17. The van der Waals surface area contributed by atoms with E-state index in [0.717, 1.165) is 5.56 Å². The fourth-order valence-corrected chi connectivity index (χ4v) is 2.73. The number of likely N-dealkylation sites (N-methyl/N-ethyl adjacent to an activating group) is 1. The molecule has 5 nitrogen and oxygen atoms in total. The number of hydrogen-bond donors (Lipinski definition) is 0. The summed E-state index contributed by atoms with van der Waals surface area (Å²) in [7, 11) is 0. The van der Waals surface area contributed by atoms with Gasteiger partial charge in [0.2, 0.25) is 5.78 Å². The molecule has 0 fully saturated rings. The van der Waals surface area contributed by atoms with Crippen molar-refractivity contribution < 1.29 is 19.1 Å². The summed E-state index contributed by atoms with van der Waals surface area (Å²) in [6.45, 7) is 4.86. The Morgan fingerprint density at radius 2 is 1.76 bits per heavy atom. The summed E-state index contributed by atoms with van der Waals surface area (Å²) in [6.07, 6.45) is -0.301. The van der Waals surface area contributed by atoms with Crippen molar-refractivity contribution in [2.75, 3.05) is 19.7 Å². The third kappa shape index (κ3) is 3.82. The predicted octanol–water partition coefficient (Wildman–Crippen LogP) is 2.87. The summed E-state index contributed by atoms with van der Waals surface area (Å²) < 4.78 is 11.6. The van der Waals surface area contributed by atoms with Crippen molar-refractivity contribution in [1.82, 2.24) is 4.90 Å². The van der Waals surface area contributed by atoms with Crippen molar-refractivity contribution in [3.63, 3.8) is 0 Å². The largest absolute Gasteiger partial charge is 0.486 e. The highest BCUT2D eigenvalue weighted by molar-refractivity contribution is 6.42. The van der Waals surface area contributed by atoms with Gasteiger partial charge in [0, 0.05) is 12.1 Å². The van der Waals surface area contributed by atoms with E-state index in [1.165, 1.54) is 4.90 Å². The molecule has 0 N–H and O–H groups in total. The van der Waals surface area contributed by atoms with Crippen molar-refractivity contribution >= 4 is 11.7 Å². The van der Waals surface area contributed by atoms with Crippen LogP contribution in [-0.4, -0.2) is 42.4 Å². The van der Waals surface area contributed by atoms with E-state index in [9.17, 15) is 9.59 Å². The Labute approximate surface area is 147 Å². The van der Waals surface area contributed by atoms with E-state index >= 15 is 0 Å². The number of carbonyl (C=O) groups is 2. The normalized spacial score (nSPS) is 15.5. The number of ketones is 1. The molecule has 25 heavy (non-hydrogen) atoms. The second-order valence-corrected chi connectivity index (χ2v) is 6.04. The summed E-state index contributed by atoms with van der Waals surface area (Å²) in [6, 6.07) is 14.4. The minimum Gasteiger partial charge on any atom is -0.486 e. The number of para-hydroxylation sites is 2. The van der Waals surface area contributed by atoms with Crippen LogP contribution in [0.5, 0.6) is 11.5 Å². The number of nitrogens with zero attached hydrogens (tertiary/aromatic N) is 1. The highest BCUT2D eigenvalue weighted by Gasteiger charge is 2.28. The Balaban J connectivity index is 1.67. The van der Waals surface area contributed by atoms with Gasteiger partial charge in [-0.2, -0.15) is 0 Å². The number of rotatable bonds is 5. The van der Waals surface area contributed by atoms with Crippen LogP contribution >= 0.6 is 0 Å². The molecule has 1 amide bonds. The lowest BCUT2D eigenvalue weighted by atomic mass is 10.1. The van der Waals surface area contributed by atoms with Gasteiger partial charge in [-0.25, -0.2) is 0 Å². The molecule has 1 unspecified atom stereocenters. The molecule has 1 aliphatic rings. The van der Waals surface area contributed by atoms with Crippen LogP contribution in [0.1, 0.15) is 22.8 Å². The summed E-state index contributed by atoms with van der Waals surface area (Å²) in [5, 5.41) is 0. The molecule has 0 bridgehead atoms. The molecular weight excluding hydrogens is 318 g/mol. The quantitative estimate of drug-likeness (QED) is 0.621. The molecule has 3 rings (SSSR count). The topological polar surface area (TPSA) is 55.8 Å². The highest BCUT2D eigenvalue weighted by atomic mass is 16.6. The maximum absolute atomic E-state index is 12.6. The van der Waals surface area contributed by atoms with Crippen LogP contribution in [0.4, 0.5) is 0 Å². The Kier molecular flexibility index (Phi) is 5.03. The number of Topliss-reactive ketones (excluding diaryl/α,β-unsaturated/α-hetero) is 1. The first-order chi connectivity index (χ1) is 12.1. The molecule has 0 spiro atoms. The van der Waals surface area contributed by atoms with Crippen LogP contribution in [0.25, 0.3) is 0 Å². The zero-order valence-electron chi connectivity index (χ0n) is 14.4. The smallest absolute Gasteiger partial charge is 0.295 e. The monoisotopic (exact) mass is 339 g/mol. The van der Waals surface area contributed by atoms with Gasteiger partial charge in [-0.15, -0.1) is 0 Å². The van der Waals surface area contributed by atoms with Crippen molar-refractivity contribution in [1.29, 1.82) is 0 Å². The van der Waals surface area contributed by atoms with Crippen molar-refractivity contribution in [3.05, 3.63) is 59.7 Å². The average molecular weight is 339 g/mol.